The number of carbonyl (C=O) groups is 2. The molecule has 0 radical (unpaired) electrons. The highest BCUT2D eigenvalue weighted by molar-refractivity contribution is 6.31. The quantitative estimate of drug-likeness (QED) is 0.192. The summed E-state index contributed by atoms with van der Waals surface area (Å²) >= 11 is 5.64. The van der Waals surface area contributed by atoms with Gasteiger partial charge in [0.05, 0.1) is 22.5 Å². The second kappa shape index (κ2) is 11.3. The molecule has 8 nitrogen and oxygen atoms in total. The first kappa shape index (κ1) is 29.4. The maximum atomic E-state index is 13.2. The van der Waals surface area contributed by atoms with E-state index in [9.17, 15) is 35.9 Å². The number of aromatic nitrogens is 3. The maximum absolute atomic E-state index is 13.2. The number of nitrogens with zero attached hydrogens (tertiary/aromatic N) is 3. The Labute approximate surface area is 242 Å². The van der Waals surface area contributed by atoms with Gasteiger partial charge in [0.15, 0.2) is 11.5 Å². The third-order valence-electron chi connectivity index (χ3n) is 5.94. The van der Waals surface area contributed by atoms with Crippen LogP contribution in [0.2, 0.25) is 5.02 Å². The average molecular weight is 620 g/mol. The Balaban J connectivity index is 1.37. The number of fused-ring (bicyclic) bond motifs is 1. The number of carbonyl (C=O) groups excluding carboxylic acids is 2. The molecular weight excluding hydrogens is 604 g/mol. The summed E-state index contributed by atoms with van der Waals surface area (Å²) in [6, 6.07) is 13.7. The summed E-state index contributed by atoms with van der Waals surface area (Å²) in [6.07, 6.45) is -5.31. The molecule has 0 atom stereocenters. The number of rotatable bonds is 6. The van der Waals surface area contributed by atoms with Gasteiger partial charge in [0.1, 0.15) is 5.75 Å². The molecule has 2 heterocycles. The minimum absolute atomic E-state index is 0.00792. The Bertz CT molecular complexity index is 1860. The number of anilines is 2. The van der Waals surface area contributed by atoms with E-state index in [2.05, 4.69) is 25.3 Å². The molecule has 0 aliphatic heterocycles. The normalized spacial score (nSPS) is 11.8. The Morgan fingerprint density at radius 1 is 0.837 bits per heavy atom. The first-order chi connectivity index (χ1) is 20.3. The van der Waals surface area contributed by atoms with Crippen molar-refractivity contribution in [2.75, 3.05) is 10.6 Å². The molecule has 220 valence electrons. The maximum Gasteiger partial charge on any atom is 0.573 e. The summed E-state index contributed by atoms with van der Waals surface area (Å²) in [6.45, 7) is 0. The molecule has 0 bridgehead atoms. The molecule has 5 rings (SSSR count). The van der Waals surface area contributed by atoms with Crippen LogP contribution >= 0.6 is 11.6 Å². The van der Waals surface area contributed by atoms with Crippen LogP contribution in [-0.4, -0.2) is 32.5 Å². The van der Waals surface area contributed by atoms with Gasteiger partial charge in [-0.2, -0.15) is 13.2 Å². The fraction of sp³-hybridized carbons (Fsp3) is 0.0714. The molecule has 0 fully saturated rings. The molecule has 3 aromatic carbocycles. The smallest absolute Gasteiger partial charge is 0.406 e. The first-order valence-corrected chi connectivity index (χ1v) is 12.4. The van der Waals surface area contributed by atoms with Crippen LogP contribution in [0.1, 0.15) is 26.3 Å². The summed E-state index contributed by atoms with van der Waals surface area (Å²) in [4.78, 5) is 33.9. The summed E-state index contributed by atoms with van der Waals surface area (Å²) in [5.41, 5.74) is -0.00975. The van der Waals surface area contributed by atoms with Crippen LogP contribution in [-0.2, 0) is 6.18 Å². The number of halogens is 7. The Hall–Kier alpha value is -5.11. The van der Waals surface area contributed by atoms with Crippen molar-refractivity contribution in [1.29, 1.82) is 0 Å². The first-order valence-electron chi connectivity index (χ1n) is 12.1. The lowest BCUT2D eigenvalue weighted by atomic mass is 10.1. The lowest BCUT2D eigenvalue weighted by Crippen LogP contribution is -2.18. The van der Waals surface area contributed by atoms with Crippen LogP contribution in [0.15, 0.2) is 85.3 Å². The zero-order valence-corrected chi connectivity index (χ0v) is 22.1. The van der Waals surface area contributed by atoms with Crippen LogP contribution in [0.25, 0.3) is 16.9 Å². The van der Waals surface area contributed by atoms with Crippen molar-refractivity contribution in [2.24, 2.45) is 0 Å². The predicted octanol–water partition coefficient (Wildman–Crippen LogP) is 7.47. The van der Waals surface area contributed by atoms with Crippen LogP contribution in [0, 0.1) is 0 Å². The van der Waals surface area contributed by atoms with Crippen molar-refractivity contribution >= 4 is 40.6 Å². The fourth-order valence-corrected chi connectivity index (χ4v) is 4.30. The highest BCUT2D eigenvalue weighted by Crippen LogP contribution is 2.35. The molecule has 0 saturated heterocycles. The standard InChI is InChI=1S/C28H16ClF6N5O3/c29-21-8-7-17(13-20(21)27(30,31)32)25(41)38-18-5-1-3-15(11-18)22-14-37-24-23(36-9-10-40(22)24)39-26(42)16-4-2-6-19(12-16)43-28(33,34)35/h1-14H,(H,38,41)(H,36,39,42). The molecular formula is C28H16ClF6N5O3. The molecule has 2 aromatic heterocycles. The van der Waals surface area contributed by atoms with E-state index in [-0.39, 0.29) is 28.3 Å². The van der Waals surface area contributed by atoms with Crippen molar-refractivity contribution in [3.8, 4) is 17.0 Å². The number of hydrogen-bond acceptors (Lipinski definition) is 5. The van der Waals surface area contributed by atoms with Gasteiger partial charge in [0.2, 0.25) is 0 Å². The third-order valence-corrected chi connectivity index (χ3v) is 6.27. The van der Waals surface area contributed by atoms with Crippen molar-refractivity contribution < 1.29 is 40.7 Å². The zero-order chi connectivity index (χ0) is 30.9. The third kappa shape index (κ3) is 6.70. The Morgan fingerprint density at radius 2 is 1.56 bits per heavy atom. The van der Waals surface area contributed by atoms with Crippen molar-refractivity contribution in [3.63, 3.8) is 0 Å². The molecule has 0 aliphatic rings. The summed E-state index contributed by atoms with van der Waals surface area (Å²) in [7, 11) is 0. The monoisotopic (exact) mass is 619 g/mol. The lowest BCUT2D eigenvalue weighted by Gasteiger charge is -2.12. The molecule has 0 aliphatic carbocycles. The molecule has 15 heteroatoms. The van der Waals surface area contributed by atoms with Gasteiger partial charge in [-0.25, -0.2) is 9.97 Å². The van der Waals surface area contributed by atoms with E-state index < -0.39 is 40.7 Å². The highest BCUT2D eigenvalue weighted by atomic mass is 35.5. The zero-order valence-electron chi connectivity index (χ0n) is 21.3. The molecule has 2 N–H and O–H groups in total. The minimum Gasteiger partial charge on any atom is -0.406 e. The van der Waals surface area contributed by atoms with Gasteiger partial charge in [-0.15, -0.1) is 13.2 Å². The van der Waals surface area contributed by atoms with Gasteiger partial charge in [-0.05, 0) is 48.5 Å². The molecule has 5 aromatic rings. The van der Waals surface area contributed by atoms with Crippen molar-refractivity contribution in [3.05, 3.63) is 107 Å². The van der Waals surface area contributed by atoms with E-state index in [1.165, 1.54) is 36.7 Å². The Kier molecular flexibility index (Phi) is 7.71. The molecule has 0 saturated carbocycles. The van der Waals surface area contributed by atoms with Gasteiger partial charge in [0, 0.05) is 34.8 Å². The number of alkyl halides is 6. The number of nitrogens with one attached hydrogen (secondary N) is 2. The highest BCUT2D eigenvalue weighted by Gasteiger charge is 2.34. The average Bonchev–Trinajstić information content (AvgIpc) is 3.37. The molecule has 2 amide bonds. The summed E-state index contributed by atoms with van der Waals surface area (Å²) < 4.78 is 82.8. The number of ether oxygens (including phenoxy) is 1. The second-order valence-electron chi connectivity index (χ2n) is 8.87. The predicted molar refractivity (Wildman–Crippen MR) is 144 cm³/mol. The van der Waals surface area contributed by atoms with Crippen LogP contribution in [0.5, 0.6) is 5.75 Å². The minimum atomic E-state index is -4.93. The van der Waals surface area contributed by atoms with Crippen LogP contribution in [0.4, 0.5) is 37.8 Å². The lowest BCUT2D eigenvalue weighted by molar-refractivity contribution is -0.274. The topological polar surface area (TPSA) is 97.6 Å². The number of hydrogen-bond donors (Lipinski definition) is 2. The number of amides is 2. The SMILES string of the molecule is O=C(Nc1cccc(-c2cnc3c(NC(=O)c4cccc(OC(F)(F)F)c4)nccn23)c1)c1ccc(Cl)c(C(F)(F)F)c1. The van der Waals surface area contributed by atoms with Crippen molar-refractivity contribution in [2.45, 2.75) is 12.5 Å². The summed E-state index contributed by atoms with van der Waals surface area (Å²) in [5.74, 6) is -2.12. The summed E-state index contributed by atoms with van der Waals surface area (Å²) in [5, 5.41) is 4.53. The van der Waals surface area contributed by atoms with Crippen molar-refractivity contribution in [1.82, 2.24) is 14.4 Å². The molecule has 43 heavy (non-hydrogen) atoms. The van der Waals surface area contributed by atoms with E-state index in [4.69, 9.17) is 11.6 Å². The van der Waals surface area contributed by atoms with E-state index in [0.717, 1.165) is 18.2 Å². The molecule has 0 unspecified atom stereocenters. The van der Waals surface area contributed by atoms with Crippen LogP contribution in [0.3, 0.4) is 0 Å². The fourth-order valence-electron chi connectivity index (χ4n) is 4.08. The second-order valence-corrected chi connectivity index (χ2v) is 9.28. The Morgan fingerprint density at radius 3 is 2.30 bits per heavy atom. The van der Waals surface area contributed by atoms with Gasteiger partial charge < -0.3 is 15.4 Å². The van der Waals surface area contributed by atoms with E-state index >= 15 is 0 Å². The number of imidazole rings is 1. The molecule has 0 spiro atoms. The van der Waals surface area contributed by atoms with Crippen LogP contribution < -0.4 is 15.4 Å². The largest absolute Gasteiger partial charge is 0.573 e. The van der Waals surface area contributed by atoms with Gasteiger partial charge in [-0.1, -0.05) is 29.8 Å². The number of benzene rings is 3. The van der Waals surface area contributed by atoms with Gasteiger partial charge in [-0.3, -0.25) is 14.0 Å². The van der Waals surface area contributed by atoms with E-state index in [0.29, 0.717) is 17.3 Å². The van der Waals surface area contributed by atoms with E-state index in [1.807, 2.05) is 0 Å². The van der Waals surface area contributed by atoms with Gasteiger partial charge in [0.25, 0.3) is 11.8 Å². The van der Waals surface area contributed by atoms with Gasteiger partial charge >= 0.3 is 12.5 Å². The van der Waals surface area contributed by atoms with E-state index in [1.54, 1.807) is 28.8 Å².